The Morgan fingerprint density at radius 1 is 1.10 bits per heavy atom. The molecule has 9 heteroatoms. The number of benzene rings is 1. The van der Waals surface area contributed by atoms with Gasteiger partial charge in [-0.2, -0.15) is 0 Å². The van der Waals surface area contributed by atoms with Crippen LogP contribution in [0.15, 0.2) is 24.3 Å². The molecule has 0 unspecified atom stereocenters. The Hall–Kier alpha value is -3.07. The smallest absolute Gasteiger partial charge is 0.341 e. The van der Waals surface area contributed by atoms with E-state index in [4.69, 9.17) is 18.9 Å². The standard InChI is InChI=1S/C21H23NO7S/c1-4-28-13-7-5-6-8-14(13)29-11-16(23)22-19-18(21(25)27-3)17-12(20(24)26-2)9-10-15(17)30-19/h5-8,12H,4,9-11H2,1-3H3,(H,22,23)/t12-/m0/s1. The minimum atomic E-state index is -0.610. The van der Waals surface area contributed by atoms with Crippen LogP contribution in [0.25, 0.3) is 0 Å². The van der Waals surface area contributed by atoms with E-state index < -0.39 is 23.8 Å². The van der Waals surface area contributed by atoms with E-state index in [9.17, 15) is 14.4 Å². The number of nitrogens with one attached hydrogen (secondary N) is 1. The number of amides is 1. The molecule has 1 aromatic carbocycles. The number of hydrogen-bond donors (Lipinski definition) is 1. The molecule has 0 radical (unpaired) electrons. The van der Waals surface area contributed by atoms with E-state index in [0.29, 0.717) is 41.5 Å². The molecule has 1 atom stereocenters. The highest BCUT2D eigenvalue weighted by Crippen LogP contribution is 2.45. The molecule has 1 aliphatic carbocycles. The van der Waals surface area contributed by atoms with E-state index >= 15 is 0 Å². The van der Waals surface area contributed by atoms with Crippen molar-refractivity contribution in [2.75, 3.05) is 32.8 Å². The summed E-state index contributed by atoms with van der Waals surface area (Å²) in [5.41, 5.74) is 0.782. The van der Waals surface area contributed by atoms with E-state index in [1.807, 2.05) is 13.0 Å². The van der Waals surface area contributed by atoms with E-state index in [0.717, 1.165) is 4.88 Å². The molecule has 1 heterocycles. The van der Waals surface area contributed by atoms with Crippen molar-refractivity contribution in [3.05, 3.63) is 40.3 Å². The molecule has 30 heavy (non-hydrogen) atoms. The fraction of sp³-hybridized carbons (Fsp3) is 0.381. The van der Waals surface area contributed by atoms with Crippen molar-refractivity contribution >= 4 is 34.2 Å². The maximum absolute atomic E-state index is 12.5. The normalized spacial score (nSPS) is 14.6. The summed E-state index contributed by atoms with van der Waals surface area (Å²) in [7, 11) is 2.57. The second kappa shape index (κ2) is 9.62. The maximum atomic E-state index is 12.5. The molecule has 0 bridgehead atoms. The number of esters is 2. The predicted octanol–water partition coefficient (Wildman–Crippen LogP) is 3.15. The lowest BCUT2D eigenvalue weighted by molar-refractivity contribution is -0.142. The summed E-state index contributed by atoms with van der Waals surface area (Å²) < 4.78 is 20.8. The summed E-state index contributed by atoms with van der Waals surface area (Å²) in [6.45, 7) is 2.06. The molecular weight excluding hydrogens is 410 g/mol. The fourth-order valence-electron chi connectivity index (χ4n) is 3.39. The number of ether oxygens (including phenoxy) is 4. The summed E-state index contributed by atoms with van der Waals surface area (Å²) in [5.74, 6) is -1.02. The van der Waals surface area contributed by atoms with Gasteiger partial charge in [0.05, 0.1) is 32.3 Å². The summed E-state index contributed by atoms with van der Waals surface area (Å²) in [5, 5.41) is 3.06. The lowest BCUT2D eigenvalue weighted by Gasteiger charge is -2.13. The molecule has 0 saturated carbocycles. The molecule has 8 nitrogen and oxygen atoms in total. The first-order valence-electron chi connectivity index (χ1n) is 9.46. The molecule has 0 aliphatic heterocycles. The monoisotopic (exact) mass is 433 g/mol. The minimum Gasteiger partial charge on any atom is -0.490 e. The Kier molecular flexibility index (Phi) is 6.94. The first-order chi connectivity index (χ1) is 14.5. The van der Waals surface area contributed by atoms with Crippen molar-refractivity contribution in [2.24, 2.45) is 0 Å². The number of aryl methyl sites for hydroxylation is 1. The number of methoxy groups -OCH3 is 2. The van der Waals surface area contributed by atoms with Crippen molar-refractivity contribution in [3.8, 4) is 11.5 Å². The second-order valence-corrected chi connectivity index (χ2v) is 7.57. The minimum absolute atomic E-state index is 0.202. The first kappa shape index (κ1) is 21.6. The van der Waals surface area contributed by atoms with Crippen molar-refractivity contribution in [2.45, 2.75) is 25.7 Å². The van der Waals surface area contributed by atoms with Gasteiger partial charge in [-0.25, -0.2) is 4.79 Å². The number of carbonyl (C=O) groups excluding carboxylic acids is 3. The van der Waals surface area contributed by atoms with Crippen molar-refractivity contribution in [1.29, 1.82) is 0 Å². The van der Waals surface area contributed by atoms with Crippen molar-refractivity contribution in [3.63, 3.8) is 0 Å². The topological polar surface area (TPSA) is 100 Å². The average Bonchev–Trinajstić information content (AvgIpc) is 3.31. The zero-order valence-electron chi connectivity index (χ0n) is 17.0. The molecule has 160 valence electrons. The van der Waals surface area contributed by atoms with Gasteiger partial charge in [-0.15, -0.1) is 11.3 Å². The van der Waals surface area contributed by atoms with E-state index in [-0.39, 0.29) is 12.2 Å². The van der Waals surface area contributed by atoms with Gasteiger partial charge in [0.1, 0.15) is 5.00 Å². The maximum Gasteiger partial charge on any atom is 0.341 e. The van der Waals surface area contributed by atoms with Gasteiger partial charge in [0.2, 0.25) is 0 Å². The van der Waals surface area contributed by atoms with Crippen LogP contribution < -0.4 is 14.8 Å². The molecule has 0 saturated heterocycles. The average molecular weight is 433 g/mol. The molecular formula is C21H23NO7S. The van der Waals surface area contributed by atoms with Gasteiger partial charge >= 0.3 is 11.9 Å². The van der Waals surface area contributed by atoms with Gasteiger partial charge in [-0.1, -0.05) is 12.1 Å². The third-order valence-corrected chi connectivity index (χ3v) is 5.85. The van der Waals surface area contributed by atoms with Crippen molar-refractivity contribution in [1.82, 2.24) is 0 Å². The number of fused-ring (bicyclic) bond motifs is 1. The summed E-state index contributed by atoms with van der Waals surface area (Å²) in [4.78, 5) is 37.9. The van der Waals surface area contributed by atoms with Gasteiger partial charge in [0.15, 0.2) is 18.1 Å². The highest BCUT2D eigenvalue weighted by atomic mass is 32.1. The first-order valence-corrected chi connectivity index (χ1v) is 10.3. The summed E-state index contributed by atoms with van der Waals surface area (Å²) in [6, 6.07) is 7.05. The lowest BCUT2D eigenvalue weighted by Crippen LogP contribution is -2.22. The molecule has 2 aromatic rings. The largest absolute Gasteiger partial charge is 0.490 e. The zero-order valence-corrected chi connectivity index (χ0v) is 17.8. The van der Waals surface area contributed by atoms with Gasteiger partial charge < -0.3 is 24.3 Å². The van der Waals surface area contributed by atoms with Crippen LogP contribution in [0.1, 0.15) is 40.1 Å². The number of thiophene rings is 1. The molecule has 1 amide bonds. The lowest BCUT2D eigenvalue weighted by atomic mass is 9.99. The number of para-hydroxylation sites is 2. The van der Waals surface area contributed by atoms with Gasteiger partial charge in [-0.05, 0) is 37.5 Å². The van der Waals surface area contributed by atoms with E-state index in [1.54, 1.807) is 18.2 Å². The number of rotatable bonds is 8. The number of hydrogen-bond acceptors (Lipinski definition) is 8. The third kappa shape index (κ3) is 4.40. The van der Waals surface area contributed by atoms with Crippen LogP contribution in [-0.2, 0) is 25.5 Å². The highest BCUT2D eigenvalue weighted by Gasteiger charge is 2.38. The third-order valence-electron chi connectivity index (χ3n) is 4.67. The van der Waals surface area contributed by atoms with Gasteiger partial charge in [0.25, 0.3) is 5.91 Å². The predicted molar refractivity (Wildman–Crippen MR) is 110 cm³/mol. The van der Waals surface area contributed by atoms with Crippen LogP contribution in [0.2, 0.25) is 0 Å². The highest BCUT2D eigenvalue weighted by molar-refractivity contribution is 7.17. The van der Waals surface area contributed by atoms with Crippen LogP contribution in [-0.4, -0.2) is 45.3 Å². The van der Waals surface area contributed by atoms with Gasteiger partial charge in [-0.3, -0.25) is 9.59 Å². The number of carbonyl (C=O) groups is 3. The quantitative estimate of drug-likeness (QED) is 0.638. The summed E-state index contributed by atoms with van der Waals surface area (Å²) >= 11 is 1.26. The molecule has 1 aliphatic rings. The van der Waals surface area contributed by atoms with Crippen LogP contribution in [0, 0.1) is 0 Å². The molecule has 1 aromatic heterocycles. The molecule has 0 fully saturated rings. The Bertz CT molecular complexity index is 953. The summed E-state index contributed by atoms with van der Waals surface area (Å²) in [6.07, 6.45) is 1.18. The zero-order chi connectivity index (χ0) is 21.7. The molecule has 0 spiro atoms. The van der Waals surface area contributed by atoms with Crippen LogP contribution in [0.4, 0.5) is 5.00 Å². The Morgan fingerprint density at radius 2 is 1.80 bits per heavy atom. The van der Waals surface area contributed by atoms with E-state index in [1.165, 1.54) is 25.6 Å². The Labute approximate surface area is 178 Å². The molecule has 3 rings (SSSR count). The second-order valence-electron chi connectivity index (χ2n) is 6.47. The van der Waals surface area contributed by atoms with Crippen LogP contribution in [0.5, 0.6) is 11.5 Å². The Balaban J connectivity index is 1.78. The van der Waals surface area contributed by atoms with Crippen molar-refractivity contribution < 1.29 is 33.3 Å². The van der Waals surface area contributed by atoms with Crippen LogP contribution >= 0.6 is 11.3 Å². The van der Waals surface area contributed by atoms with Crippen LogP contribution in [0.3, 0.4) is 0 Å². The van der Waals surface area contributed by atoms with Gasteiger partial charge in [0, 0.05) is 4.88 Å². The Morgan fingerprint density at radius 3 is 2.43 bits per heavy atom. The SMILES string of the molecule is CCOc1ccccc1OCC(=O)Nc1sc2c(c1C(=O)OC)[C@@H](C(=O)OC)CC2. The van der Waals surface area contributed by atoms with E-state index in [2.05, 4.69) is 5.32 Å². The molecule has 1 N–H and O–H groups in total. The fourth-order valence-corrected chi connectivity index (χ4v) is 4.67. The number of anilines is 1.